The van der Waals surface area contributed by atoms with Crippen molar-refractivity contribution in [2.45, 2.75) is 26.2 Å². The average molecular weight is 358 g/mol. The van der Waals surface area contributed by atoms with Crippen molar-refractivity contribution in [2.75, 3.05) is 5.32 Å². The molecule has 6 heteroatoms. The number of hydrogen-bond acceptors (Lipinski definition) is 3. The van der Waals surface area contributed by atoms with Gasteiger partial charge in [0.1, 0.15) is 0 Å². The summed E-state index contributed by atoms with van der Waals surface area (Å²) < 4.78 is 0. The van der Waals surface area contributed by atoms with Crippen molar-refractivity contribution in [1.82, 2.24) is 5.43 Å². The van der Waals surface area contributed by atoms with Gasteiger partial charge in [-0.2, -0.15) is 5.10 Å². The third kappa shape index (κ3) is 6.39. The van der Waals surface area contributed by atoms with Gasteiger partial charge in [0.05, 0.1) is 6.21 Å². The largest absolute Gasteiger partial charge is 0.326 e. The molecule has 2 rings (SSSR count). The molecular formula is C19H20ClN3O2. The summed E-state index contributed by atoms with van der Waals surface area (Å²) in [5.41, 5.74) is 5.01. The SMILES string of the molecule is CCc1ccc(NC(=O)CCC(=O)N/N=C/c2ccccc2Cl)cc1. The highest BCUT2D eigenvalue weighted by Crippen LogP contribution is 2.12. The molecule has 0 atom stereocenters. The number of amides is 2. The van der Waals surface area contributed by atoms with Crippen LogP contribution in [0.1, 0.15) is 30.9 Å². The van der Waals surface area contributed by atoms with Crippen molar-refractivity contribution in [3.05, 3.63) is 64.7 Å². The molecule has 0 spiro atoms. The van der Waals surface area contributed by atoms with E-state index < -0.39 is 0 Å². The highest BCUT2D eigenvalue weighted by Gasteiger charge is 2.07. The van der Waals surface area contributed by atoms with E-state index in [0.29, 0.717) is 10.6 Å². The highest BCUT2D eigenvalue weighted by molar-refractivity contribution is 6.33. The Morgan fingerprint density at radius 3 is 2.40 bits per heavy atom. The number of nitrogens with zero attached hydrogens (tertiary/aromatic N) is 1. The number of anilines is 1. The summed E-state index contributed by atoms with van der Waals surface area (Å²) in [4.78, 5) is 23.6. The first-order chi connectivity index (χ1) is 12.1. The molecule has 130 valence electrons. The Labute approximate surface area is 152 Å². The maximum absolute atomic E-state index is 11.9. The summed E-state index contributed by atoms with van der Waals surface area (Å²) in [5, 5.41) is 7.16. The van der Waals surface area contributed by atoms with E-state index in [9.17, 15) is 9.59 Å². The van der Waals surface area contributed by atoms with Gasteiger partial charge in [-0.15, -0.1) is 0 Å². The third-order valence-corrected chi connectivity index (χ3v) is 3.87. The van der Waals surface area contributed by atoms with Crippen LogP contribution in [0.15, 0.2) is 53.6 Å². The quantitative estimate of drug-likeness (QED) is 0.585. The van der Waals surface area contributed by atoms with E-state index in [1.165, 1.54) is 11.8 Å². The lowest BCUT2D eigenvalue weighted by atomic mass is 10.1. The number of hydrogen-bond donors (Lipinski definition) is 2. The second-order valence-electron chi connectivity index (χ2n) is 5.41. The van der Waals surface area contributed by atoms with Gasteiger partial charge < -0.3 is 5.32 Å². The minimum atomic E-state index is -0.334. The number of carbonyl (C=O) groups excluding carboxylic acids is 2. The van der Waals surface area contributed by atoms with Crippen LogP contribution in [-0.4, -0.2) is 18.0 Å². The second-order valence-corrected chi connectivity index (χ2v) is 5.82. The van der Waals surface area contributed by atoms with Crippen LogP contribution in [0.2, 0.25) is 5.02 Å². The molecule has 0 aliphatic carbocycles. The third-order valence-electron chi connectivity index (χ3n) is 3.52. The molecule has 0 fully saturated rings. The standard InChI is InChI=1S/C19H20ClN3O2/c1-2-14-7-9-16(10-8-14)22-18(24)11-12-19(25)23-21-13-15-5-3-4-6-17(15)20/h3-10,13H,2,11-12H2,1H3,(H,22,24)(H,23,25)/b21-13+. The molecule has 2 N–H and O–H groups in total. The fraction of sp³-hybridized carbons (Fsp3) is 0.211. The molecule has 0 aliphatic heterocycles. The van der Waals surface area contributed by atoms with Crippen LogP contribution in [0.5, 0.6) is 0 Å². The zero-order valence-corrected chi connectivity index (χ0v) is 14.7. The van der Waals surface area contributed by atoms with Crippen LogP contribution in [0, 0.1) is 0 Å². The van der Waals surface area contributed by atoms with Crippen molar-refractivity contribution >= 4 is 35.3 Å². The van der Waals surface area contributed by atoms with Gasteiger partial charge >= 0.3 is 0 Å². The number of rotatable bonds is 7. The molecular weight excluding hydrogens is 338 g/mol. The van der Waals surface area contributed by atoms with Gasteiger partial charge in [-0.3, -0.25) is 9.59 Å². The lowest BCUT2D eigenvalue weighted by Gasteiger charge is -2.05. The predicted molar refractivity (Wildman–Crippen MR) is 101 cm³/mol. The molecule has 0 heterocycles. The van der Waals surface area contributed by atoms with E-state index in [0.717, 1.165) is 12.1 Å². The fourth-order valence-corrected chi connectivity index (χ4v) is 2.27. The van der Waals surface area contributed by atoms with Gasteiger partial charge in [0.2, 0.25) is 11.8 Å². The van der Waals surface area contributed by atoms with Crippen LogP contribution in [0.25, 0.3) is 0 Å². The van der Waals surface area contributed by atoms with Crippen molar-refractivity contribution < 1.29 is 9.59 Å². The number of carbonyl (C=O) groups is 2. The Morgan fingerprint density at radius 1 is 1.04 bits per heavy atom. The molecule has 2 aromatic rings. The molecule has 2 aromatic carbocycles. The molecule has 0 saturated heterocycles. The second kappa shape index (κ2) is 9.59. The Morgan fingerprint density at radius 2 is 1.72 bits per heavy atom. The van der Waals surface area contributed by atoms with Crippen LogP contribution in [0.3, 0.4) is 0 Å². The van der Waals surface area contributed by atoms with Crippen LogP contribution >= 0.6 is 11.6 Å². The fourth-order valence-electron chi connectivity index (χ4n) is 2.08. The zero-order valence-electron chi connectivity index (χ0n) is 14.0. The number of nitrogens with one attached hydrogen (secondary N) is 2. The molecule has 0 aromatic heterocycles. The summed E-state index contributed by atoms with van der Waals surface area (Å²) in [6.07, 6.45) is 2.56. The zero-order chi connectivity index (χ0) is 18.1. The van der Waals surface area contributed by atoms with Crippen LogP contribution in [-0.2, 0) is 16.0 Å². The molecule has 2 amide bonds. The lowest BCUT2D eigenvalue weighted by Crippen LogP contribution is -2.20. The van der Waals surface area contributed by atoms with Crippen molar-refractivity contribution in [2.24, 2.45) is 5.10 Å². The normalized spacial score (nSPS) is 10.6. The van der Waals surface area contributed by atoms with Crippen molar-refractivity contribution in [3.63, 3.8) is 0 Å². The Balaban J connectivity index is 1.73. The average Bonchev–Trinajstić information content (AvgIpc) is 2.62. The van der Waals surface area contributed by atoms with Crippen LogP contribution < -0.4 is 10.7 Å². The Bertz CT molecular complexity index is 758. The summed E-state index contributed by atoms with van der Waals surface area (Å²) in [5.74, 6) is -0.547. The maximum atomic E-state index is 11.9. The van der Waals surface area contributed by atoms with E-state index >= 15 is 0 Å². The maximum Gasteiger partial charge on any atom is 0.240 e. The summed E-state index contributed by atoms with van der Waals surface area (Å²) in [6.45, 7) is 2.07. The number of halogens is 1. The molecule has 5 nitrogen and oxygen atoms in total. The van der Waals surface area contributed by atoms with E-state index in [4.69, 9.17) is 11.6 Å². The first-order valence-corrected chi connectivity index (χ1v) is 8.41. The number of benzene rings is 2. The van der Waals surface area contributed by atoms with Gasteiger partial charge in [0.25, 0.3) is 0 Å². The van der Waals surface area contributed by atoms with Crippen molar-refractivity contribution in [3.8, 4) is 0 Å². The highest BCUT2D eigenvalue weighted by atomic mass is 35.5. The molecule has 0 unspecified atom stereocenters. The smallest absolute Gasteiger partial charge is 0.240 e. The van der Waals surface area contributed by atoms with Gasteiger partial charge in [-0.05, 0) is 30.2 Å². The topological polar surface area (TPSA) is 70.6 Å². The molecule has 0 bridgehead atoms. The summed E-state index contributed by atoms with van der Waals surface area (Å²) in [6, 6.07) is 14.8. The Hall–Kier alpha value is -2.66. The van der Waals surface area contributed by atoms with Gasteiger partial charge in [-0.25, -0.2) is 5.43 Å². The molecule has 0 radical (unpaired) electrons. The monoisotopic (exact) mass is 357 g/mol. The first kappa shape index (κ1) is 18.7. The van der Waals surface area contributed by atoms with Gasteiger partial charge in [0, 0.05) is 29.1 Å². The van der Waals surface area contributed by atoms with Gasteiger partial charge in [0.15, 0.2) is 0 Å². The lowest BCUT2D eigenvalue weighted by molar-refractivity contribution is -0.124. The Kier molecular flexibility index (Phi) is 7.16. The van der Waals surface area contributed by atoms with Crippen LogP contribution in [0.4, 0.5) is 5.69 Å². The number of aryl methyl sites for hydroxylation is 1. The summed E-state index contributed by atoms with van der Waals surface area (Å²) >= 11 is 5.98. The number of hydrazone groups is 1. The van der Waals surface area contributed by atoms with E-state index in [1.54, 1.807) is 12.1 Å². The van der Waals surface area contributed by atoms with E-state index in [-0.39, 0.29) is 24.7 Å². The van der Waals surface area contributed by atoms with E-state index in [1.807, 2.05) is 36.4 Å². The minimum Gasteiger partial charge on any atom is -0.326 e. The summed E-state index contributed by atoms with van der Waals surface area (Å²) in [7, 11) is 0. The van der Waals surface area contributed by atoms with E-state index in [2.05, 4.69) is 22.8 Å². The first-order valence-electron chi connectivity index (χ1n) is 8.03. The van der Waals surface area contributed by atoms with Crippen molar-refractivity contribution in [1.29, 1.82) is 0 Å². The molecule has 0 aliphatic rings. The van der Waals surface area contributed by atoms with Gasteiger partial charge in [-0.1, -0.05) is 48.9 Å². The molecule has 25 heavy (non-hydrogen) atoms. The molecule has 0 saturated carbocycles. The minimum absolute atomic E-state index is 0.0543. The predicted octanol–water partition coefficient (Wildman–Crippen LogP) is 3.77.